The molecule has 41 heavy (non-hydrogen) atoms. The normalized spacial score (nSPS) is 10.6. The molecule has 0 aliphatic carbocycles. The van der Waals surface area contributed by atoms with Crippen LogP contribution < -0.4 is 10.3 Å². The highest BCUT2D eigenvalue weighted by Gasteiger charge is 2.10. The molecule has 0 atom stereocenters. The van der Waals surface area contributed by atoms with E-state index in [0.717, 1.165) is 62.0 Å². The summed E-state index contributed by atoms with van der Waals surface area (Å²) >= 11 is 0. The Balaban J connectivity index is 0.00000294. The quantitative estimate of drug-likeness (QED) is 0.183. The van der Waals surface area contributed by atoms with E-state index in [4.69, 9.17) is 4.74 Å². The molecule has 0 saturated heterocycles. The van der Waals surface area contributed by atoms with Gasteiger partial charge in [-0.15, -0.1) is 24.8 Å². The minimum atomic E-state index is -0.0120. The van der Waals surface area contributed by atoms with Crippen molar-refractivity contribution in [1.29, 1.82) is 0 Å². The van der Waals surface area contributed by atoms with Crippen LogP contribution in [0.5, 0.6) is 5.75 Å². The number of aromatic nitrogens is 2. The van der Waals surface area contributed by atoms with Crippen LogP contribution in [0.4, 0.5) is 0 Å². The molecule has 2 aromatic carbocycles. The van der Waals surface area contributed by atoms with Crippen molar-refractivity contribution in [2.24, 2.45) is 7.05 Å². The van der Waals surface area contributed by atoms with Crippen molar-refractivity contribution in [3.8, 4) is 5.75 Å². The molecule has 2 aromatic heterocycles. The molecule has 0 fully saturated rings. The molecule has 0 N–H and O–H groups in total. The summed E-state index contributed by atoms with van der Waals surface area (Å²) in [7, 11) is 5.33. The van der Waals surface area contributed by atoms with Crippen LogP contribution in [0.25, 0.3) is 10.9 Å². The SMILES string of the molecule is CN(C)C(=O)c1ccc(CN(CCCCCOc2ccc3c(ccc(=O)n3C)c2)CCc2cccnc2)cc1.Cl.Cl. The molecule has 4 aromatic rings. The summed E-state index contributed by atoms with van der Waals surface area (Å²) in [6.45, 7) is 3.43. The maximum absolute atomic E-state index is 12.2. The Morgan fingerprint density at radius 1 is 0.902 bits per heavy atom. The lowest BCUT2D eigenvalue weighted by atomic mass is 10.1. The van der Waals surface area contributed by atoms with Crippen molar-refractivity contribution in [2.45, 2.75) is 32.2 Å². The van der Waals surface area contributed by atoms with Gasteiger partial charge >= 0.3 is 0 Å². The number of rotatable bonds is 13. The van der Waals surface area contributed by atoms with E-state index in [0.29, 0.717) is 12.2 Å². The van der Waals surface area contributed by atoms with E-state index < -0.39 is 0 Å². The fourth-order valence-electron chi connectivity index (χ4n) is 4.63. The Morgan fingerprint density at radius 2 is 1.68 bits per heavy atom. The summed E-state index contributed by atoms with van der Waals surface area (Å²) in [5.41, 5.74) is 4.04. The molecule has 0 aliphatic rings. The van der Waals surface area contributed by atoms with Crippen molar-refractivity contribution in [2.75, 3.05) is 33.8 Å². The van der Waals surface area contributed by atoms with E-state index in [-0.39, 0.29) is 36.3 Å². The number of hydrogen-bond donors (Lipinski definition) is 0. The molecule has 0 unspecified atom stereocenters. The van der Waals surface area contributed by atoms with E-state index in [1.807, 2.05) is 48.7 Å². The largest absolute Gasteiger partial charge is 0.494 e. The summed E-state index contributed by atoms with van der Waals surface area (Å²) in [6.07, 6.45) is 7.81. The number of pyridine rings is 2. The van der Waals surface area contributed by atoms with Crippen molar-refractivity contribution in [3.63, 3.8) is 0 Å². The summed E-state index contributed by atoms with van der Waals surface area (Å²) < 4.78 is 7.65. The predicted octanol–water partition coefficient (Wildman–Crippen LogP) is 5.77. The molecule has 0 aliphatic heterocycles. The third kappa shape index (κ3) is 9.88. The van der Waals surface area contributed by atoms with E-state index in [1.165, 1.54) is 11.1 Å². The summed E-state index contributed by atoms with van der Waals surface area (Å²) in [5, 5.41) is 0.998. The molecule has 0 radical (unpaired) electrons. The second-order valence-corrected chi connectivity index (χ2v) is 10.1. The zero-order valence-corrected chi connectivity index (χ0v) is 25.6. The molecule has 0 bridgehead atoms. The van der Waals surface area contributed by atoms with Crippen molar-refractivity contribution >= 4 is 41.6 Å². The van der Waals surface area contributed by atoms with Gasteiger partial charge in [0.25, 0.3) is 11.5 Å². The van der Waals surface area contributed by atoms with E-state index in [9.17, 15) is 9.59 Å². The lowest BCUT2D eigenvalue weighted by Crippen LogP contribution is -2.27. The summed E-state index contributed by atoms with van der Waals surface area (Å²) in [5.74, 6) is 0.849. The molecule has 0 saturated carbocycles. The maximum Gasteiger partial charge on any atom is 0.253 e. The Kier molecular flexibility index (Phi) is 13.8. The number of unbranched alkanes of at least 4 members (excludes halogenated alkanes) is 2. The standard InChI is InChI=1S/C32H38N4O3.2ClH/c1-34(2)32(38)27-11-9-26(10-12-27)24-36(20-17-25-8-7-18-33-23-25)19-5-4-6-21-39-29-14-15-30-28(22-29)13-16-31(37)35(30)3;;/h7-16,18,22-23H,4-6,17,19-21,24H2,1-3H3;2*1H. The monoisotopic (exact) mass is 598 g/mol. The van der Waals surface area contributed by atoms with Crippen LogP contribution in [0.2, 0.25) is 0 Å². The first-order valence-electron chi connectivity index (χ1n) is 13.5. The lowest BCUT2D eigenvalue weighted by Gasteiger charge is -2.23. The predicted molar refractivity (Wildman–Crippen MR) is 171 cm³/mol. The highest BCUT2D eigenvalue weighted by molar-refractivity contribution is 5.93. The fraction of sp³-hybridized carbons (Fsp3) is 0.344. The number of nitrogens with zero attached hydrogens (tertiary/aromatic N) is 4. The zero-order chi connectivity index (χ0) is 27.6. The fourth-order valence-corrected chi connectivity index (χ4v) is 4.63. The average Bonchev–Trinajstić information content (AvgIpc) is 2.96. The number of aryl methyl sites for hydroxylation is 1. The van der Waals surface area contributed by atoms with E-state index in [2.05, 4.69) is 28.1 Å². The van der Waals surface area contributed by atoms with Gasteiger partial charge in [-0.3, -0.25) is 19.5 Å². The third-order valence-corrected chi connectivity index (χ3v) is 6.94. The first-order valence-corrected chi connectivity index (χ1v) is 13.5. The van der Waals surface area contributed by atoms with Crippen LogP contribution in [0.3, 0.4) is 0 Å². The molecule has 1 amide bonds. The highest BCUT2D eigenvalue weighted by Crippen LogP contribution is 2.20. The van der Waals surface area contributed by atoms with E-state index in [1.54, 1.807) is 42.9 Å². The summed E-state index contributed by atoms with van der Waals surface area (Å²) in [6, 6.07) is 21.4. The smallest absolute Gasteiger partial charge is 0.253 e. The number of carbonyl (C=O) groups excluding carboxylic acids is 1. The Bertz CT molecular complexity index is 1430. The molecular weight excluding hydrogens is 559 g/mol. The van der Waals surface area contributed by atoms with Gasteiger partial charge in [0.15, 0.2) is 0 Å². The Hall–Kier alpha value is -3.39. The van der Waals surface area contributed by atoms with Gasteiger partial charge in [-0.25, -0.2) is 0 Å². The van der Waals surface area contributed by atoms with Crippen LogP contribution >= 0.6 is 24.8 Å². The van der Waals surface area contributed by atoms with Gasteiger partial charge in [0.2, 0.25) is 0 Å². The number of benzene rings is 2. The Morgan fingerprint density at radius 3 is 2.39 bits per heavy atom. The van der Waals surface area contributed by atoms with Crippen LogP contribution in [-0.2, 0) is 20.0 Å². The molecule has 0 spiro atoms. The maximum atomic E-state index is 12.2. The van der Waals surface area contributed by atoms with Crippen molar-refractivity contribution < 1.29 is 9.53 Å². The van der Waals surface area contributed by atoms with Gasteiger partial charge in [0.1, 0.15) is 5.75 Å². The number of carbonyl (C=O) groups is 1. The summed E-state index contributed by atoms with van der Waals surface area (Å²) in [4.78, 5) is 32.4. The molecule has 4 rings (SSSR count). The molecule has 220 valence electrons. The Labute approximate surface area is 255 Å². The minimum absolute atomic E-state index is 0. The minimum Gasteiger partial charge on any atom is -0.494 e. The highest BCUT2D eigenvalue weighted by atomic mass is 35.5. The van der Waals surface area contributed by atoms with Crippen LogP contribution in [-0.4, -0.2) is 59.0 Å². The van der Waals surface area contributed by atoms with Crippen LogP contribution in [0, 0.1) is 0 Å². The molecule has 7 nitrogen and oxygen atoms in total. The van der Waals surface area contributed by atoms with Crippen molar-refractivity contribution in [1.82, 2.24) is 19.4 Å². The lowest BCUT2D eigenvalue weighted by molar-refractivity contribution is 0.0827. The zero-order valence-electron chi connectivity index (χ0n) is 24.0. The van der Waals surface area contributed by atoms with Gasteiger partial charge in [-0.1, -0.05) is 18.2 Å². The van der Waals surface area contributed by atoms with E-state index >= 15 is 0 Å². The topological polar surface area (TPSA) is 67.7 Å². The number of halogens is 2. The number of hydrogen-bond acceptors (Lipinski definition) is 5. The number of amides is 1. The molecule has 9 heteroatoms. The van der Waals surface area contributed by atoms with Crippen molar-refractivity contribution in [3.05, 3.63) is 106 Å². The van der Waals surface area contributed by atoms with Crippen LogP contribution in [0.15, 0.2) is 83.9 Å². The third-order valence-electron chi connectivity index (χ3n) is 6.94. The average molecular weight is 600 g/mol. The first-order chi connectivity index (χ1) is 18.9. The van der Waals surface area contributed by atoms with Crippen LogP contribution in [0.1, 0.15) is 40.7 Å². The van der Waals surface area contributed by atoms with Gasteiger partial charge in [-0.05, 0) is 85.8 Å². The second kappa shape index (κ2) is 16.8. The molecular formula is C32H40Cl2N4O3. The van der Waals surface area contributed by atoms with Gasteiger partial charge < -0.3 is 14.2 Å². The first kappa shape index (κ1) is 33.8. The molecule has 2 heterocycles. The van der Waals surface area contributed by atoms with Gasteiger partial charge in [0, 0.05) is 63.6 Å². The second-order valence-electron chi connectivity index (χ2n) is 10.1. The number of ether oxygens (including phenoxy) is 1. The van der Waals surface area contributed by atoms with Gasteiger partial charge in [0.05, 0.1) is 12.1 Å². The van der Waals surface area contributed by atoms with Gasteiger partial charge in [-0.2, -0.15) is 0 Å². The number of fused-ring (bicyclic) bond motifs is 1.